The number of aromatic carboxylic acids is 1. The number of nitrogens with one attached hydrogen (secondary N) is 1. The maximum absolute atomic E-state index is 11.0. The molecule has 0 amide bonds. The first-order valence-corrected chi connectivity index (χ1v) is 7.15. The van der Waals surface area contributed by atoms with Gasteiger partial charge in [-0.2, -0.15) is 0 Å². The lowest BCUT2D eigenvalue weighted by Gasteiger charge is -2.32. The van der Waals surface area contributed by atoms with Gasteiger partial charge >= 0.3 is 5.97 Å². The van der Waals surface area contributed by atoms with E-state index in [9.17, 15) is 4.79 Å². The van der Waals surface area contributed by atoms with Gasteiger partial charge in [-0.25, -0.2) is 9.78 Å². The number of hydrogen-bond acceptors (Lipinski definition) is 3. The van der Waals surface area contributed by atoms with Crippen LogP contribution in [0.1, 0.15) is 49.4 Å². The highest BCUT2D eigenvalue weighted by Crippen LogP contribution is 2.29. The van der Waals surface area contributed by atoms with E-state index >= 15 is 0 Å². The quantitative estimate of drug-likeness (QED) is 0.881. The smallest absolute Gasteiger partial charge is 0.337 e. The van der Waals surface area contributed by atoms with Crippen LogP contribution in [0.2, 0.25) is 5.02 Å². The summed E-state index contributed by atoms with van der Waals surface area (Å²) in [5, 5.41) is 12.6. The molecular formula is C14H19ClN2O2. The molecule has 0 bridgehead atoms. The predicted octanol–water partition coefficient (Wildman–Crippen LogP) is 3.81. The molecule has 1 aliphatic carbocycles. The first-order valence-electron chi connectivity index (χ1n) is 6.77. The molecule has 5 heteroatoms. The van der Waals surface area contributed by atoms with Gasteiger partial charge in [0.1, 0.15) is 5.82 Å². The number of pyridine rings is 1. The van der Waals surface area contributed by atoms with Crippen molar-refractivity contribution in [2.45, 2.75) is 45.1 Å². The third-order valence-corrected chi connectivity index (χ3v) is 4.15. The Kier molecular flexibility index (Phi) is 4.64. The summed E-state index contributed by atoms with van der Waals surface area (Å²) < 4.78 is 0. The molecule has 0 saturated heterocycles. The van der Waals surface area contributed by atoms with Crippen LogP contribution in [0.4, 0.5) is 5.82 Å². The van der Waals surface area contributed by atoms with E-state index in [1.807, 2.05) is 0 Å². The minimum absolute atomic E-state index is 0.100. The molecule has 2 N–H and O–H groups in total. The van der Waals surface area contributed by atoms with Crippen molar-refractivity contribution in [3.63, 3.8) is 0 Å². The van der Waals surface area contributed by atoms with Gasteiger partial charge in [0.2, 0.25) is 0 Å². The number of halogens is 1. The second-order valence-corrected chi connectivity index (χ2v) is 5.47. The van der Waals surface area contributed by atoms with Crippen molar-refractivity contribution in [1.29, 1.82) is 0 Å². The monoisotopic (exact) mass is 282 g/mol. The molecule has 1 heterocycles. The van der Waals surface area contributed by atoms with E-state index in [0.29, 0.717) is 17.8 Å². The Bertz CT molecular complexity index is 465. The standard InChI is InChI=1S/C14H19ClN2O2/c1-2-9-5-3-4-6-12(9)17-13-7-10(14(18)19)11(15)8-16-13/h7-9,12H,2-6H2,1H3,(H,16,17)(H,18,19). The SMILES string of the molecule is CCC1CCCCC1Nc1cc(C(=O)O)c(Cl)cn1. The molecule has 0 aromatic carbocycles. The number of carboxylic acids is 1. The zero-order chi connectivity index (χ0) is 13.8. The van der Waals surface area contributed by atoms with Crippen LogP contribution in [-0.2, 0) is 0 Å². The second-order valence-electron chi connectivity index (χ2n) is 5.06. The summed E-state index contributed by atoms with van der Waals surface area (Å²) in [6.45, 7) is 2.20. The molecule has 1 aromatic heterocycles. The van der Waals surface area contributed by atoms with Gasteiger partial charge in [0.15, 0.2) is 0 Å². The lowest BCUT2D eigenvalue weighted by Crippen LogP contribution is -2.32. The summed E-state index contributed by atoms with van der Waals surface area (Å²) in [5.74, 6) is 0.220. The van der Waals surface area contributed by atoms with Crippen LogP contribution in [-0.4, -0.2) is 22.1 Å². The fraction of sp³-hybridized carbons (Fsp3) is 0.571. The van der Waals surface area contributed by atoms with Crippen LogP contribution < -0.4 is 5.32 Å². The highest BCUT2D eigenvalue weighted by atomic mass is 35.5. The summed E-state index contributed by atoms with van der Waals surface area (Å²) in [7, 11) is 0. The van der Waals surface area contributed by atoms with E-state index in [-0.39, 0.29) is 10.6 Å². The van der Waals surface area contributed by atoms with E-state index in [2.05, 4.69) is 17.2 Å². The maximum atomic E-state index is 11.0. The molecule has 2 rings (SSSR count). The Morgan fingerprint density at radius 3 is 2.95 bits per heavy atom. The van der Waals surface area contributed by atoms with Crippen molar-refractivity contribution < 1.29 is 9.90 Å². The Morgan fingerprint density at radius 1 is 1.53 bits per heavy atom. The van der Waals surface area contributed by atoms with Gasteiger partial charge in [0.25, 0.3) is 0 Å². The highest BCUT2D eigenvalue weighted by molar-refractivity contribution is 6.33. The molecule has 0 aliphatic heterocycles. The zero-order valence-corrected chi connectivity index (χ0v) is 11.8. The summed E-state index contributed by atoms with van der Waals surface area (Å²) in [4.78, 5) is 15.2. The minimum atomic E-state index is -1.02. The van der Waals surface area contributed by atoms with Crippen molar-refractivity contribution in [3.05, 3.63) is 22.8 Å². The minimum Gasteiger partial charge on any atom is -0.478 e. The lowest BCUT2D eigenvalue weighted by atomic mass is 9.83. The van der Waals surface area contributed by atoms with Crippen molar-refractivity contribution in [2.75, 3.05) is 5.32 Å². The molecule has 2 atom stereocenters. The number of carboxylic acid groups (broad SMARTS) is 1. The fourth-order valence-corrected chi connectivity index (χ4v) is 2.94. The van der Waals surface area contributed by atoms with Gasteiger partial charge < -0.3 is 10.4 Å². The van der Waals surface area contributed by atoms with Crippen LogP contribution >= 0.6 is 11.6 Å². The largest absolute Gasteiger partial charge is 0.478 e. The average Bonchev–Trinajstić information content (AvgIpc) is 2.41. The first-order chi connectivity index (χ1) is 9.11. The Balaban J connectivity index is 2.14. The van der Waals surface area contributed by atoms with E-state index in [1.165, 1.54) is 31.5 Å². The molecular weight excluding hydrogens is 264 g/mol. The Morgan fingerprint density at radius 2 is 2.26 bits per heavy atom. The van der Waals surface area contributed by atoms with E-state index in [4.69, 9.17) is 16.7 Å². The van der Waals surface area contributed by atoms with Crippen LogP contribution in [0.5, 0.6) is 0 Å². The third-order valence-electron chi connectivity index (χ3n) is 3.85. The molecule has 1 aromatic rings. The summed E-state index contributed by atoms with van der Waals surface area (Å²) in [6.07, 6.45) is 7.38. The molecule has 19 heavy (non-hydrogen) atoms. The molecule has 104 valence electrons. The lowest BCUT2D eigenvalue weighted by molar-refractivity contribution is 0.0697. The van der Waals surface area contributed by atoms with Gasteiger partial charge in [-0.1, -0.05) is 37.8 Å². The number of anilines is 1. The molecule has 2 unspecified atom stereocenters. The molecule has 1 saturated carbocycles. The Labute approximate surface area is 118 Å². The number of nitrogens with zero attached hydrogens (tertiary/aromatic N) is 1. The van der Waals surface area contributed by atoms with Gasteiger partial charge in [-0.3, -0.25) is 0 Å². The molecule has 1 fully saturated rings. The summed E-state index contributed by atoms with van der Waals surface area (Å²) in [5.41, 5.74) is 0.100. The topological polar surface area (TPSA) is 62.2 Å². The van der Waals surface area contributed by atoms with Gasteiger partial charge in [-0.15, -0.1) is 0 Å². The maximum Gasteiger partial charge on any atom is 0.337 e. The van der Waals surface area contributed by atoms with Gasteiger partial charge in [-0.05, 0) is 24.8 Å². The number of carbonyl (C=O) groups is 1. The van der Waals surface area contributed by atoms with Crippen LogP contribution in [0, 0.1) is 5.92 Å². The average molecular weight is 283 g/mol. The first kappa shape index (κ1) is 14.1. The molecule has 0 spiro atoms. The molecule has 4 nitrogen and oxygen atoms in total. The van der Waals surface area contributed by atoms with Crippen molar-refractivity contribution in [1.82, 2.24) is 4.98 Å². The normalized spacial score (nSPS) is 23.1. The zero-order valence-electron chi connectivity index (χ0n) is 11.0. The Hall–Kier alpha value is -1.29. The second kappa shape index (κ2) is 6.24. The number of hydrogen-bond donors (Lipinski definition) is 2. The van der Waals surface area contributed by atoms with Crippen molar-refractivity contribution in [3.8, 4) is 0 Å². The van der Waals surface area contributed by atoms with Crippen LogP contribution in [0.15, 0.2) is 12.3 Å². The molecule has 0 radical (unpaired) electrons. The molecule has 1 aliphatic rings. The van der Waals surface area contributed by atoms with Crippen molar-refractivity contribution in [2.24, 2.45) is 5.92 Å². The van der Waals surface area contributed by atoms with E-state index < -0.39 is 5.97 Å². The highest BCUT2D eigenvalue weighted by Gasteiger charge is 2.24. The van der Waals surface area contributed by atoms with Crippen LogP contribution in [0.25, 0.3) is 0 Å². The summed E-state index contributed by atoms with van der Waals surface area (Å²) >= 11 is 5.82. The third kappa shape index (κ3) is 3.38. The van der Waals surface area contributed by atoms with E-state index in [0.717, 1.165) is 12.8 Å². The van der Waals surface area contributed by atoms with Gasteiger partial charge in [0.05, 0.1) is 10.6 Å². The summed E-state index contributed by atoms with van der Waals surface area (Å²) in [6, 6.07) is 1.90. The van der Waals surface area contributed by atoms with Crippen LogP contribution in [0.3, 0.4) is 0 Å². The van der Waals surface area contributed by atoms with E-state index in [1.54, 1.807) is 0 Å². The number of aromatic nitrogens is 1. The predicted molar refractivity (Wildman–Crippen MR) is 75.9 cm³/mol. The van der Waals surface area contributed by atoms with Gasteiger partial charge in [0, 0.05) is 12.2 Å². The number of rotatable bonds is 4. The van der Waals surface area contributed by atoms with Crippen molar-refractivity contribution >= 4 is 23.4 Å². The fourth-order valence-electron chi connectivity index (χ4n) is 2.76.